The van der Waals surface area contributed by atoms with Crippen LogP contribution in [-0.4, -0.2) is 50.5 Å². The fraction of sp³-hybridized carbons (Fsp3) is 0.368. The number of imidazole rings is 1. The predicted octanol–water partition coefficient (Wildman–Crippen LogP) is 2.39. The molecule has 0 atom stereocenters. The summed E-state index contributed by atoms with van der Waals surface area (Å²) in [6.45, 7) is 5.80. The average Bonchev–Trinajstić information content (AvgIpc) is 3.27. The minimum Gasteiger partial charge on any atom is -0.447 e. The molecule has 130 valence electrons. The lowest BCUT2D eigenvalue weighted by Gasteiger charge is -2.33. The molecule has 0 spiro atoms. The van der Waals surface area contributed by atoms with Gasteiger partial charge in [-0.05, 0) is 0 Å². The van der Waals surface area contributed by atoms with Crippen molar-refractivity contribution in [3.63, 3.8) is 0 Å². The van der Waals surface area contributed by atoms with Gasteiger partial charge in [0.25, 0.3) is 0 Å². The van der Waals surface area contributed by atoms with Gasteiger partial charge in [-0.25, -0.2) is 9.97 Å². The highest BCUT2D eigenvalue weighted by Gasteiger charge is 2.19. The highest BCUT2D eigenvalue weighted by molar-refractivity contribution is 5.57. The lowest BCUT2D eigenvalue weighted by molar-refractivity contribution is 0.112. The Balaban J connectivity index is 1.30. The van der Waals surface area contributed by atoms with Crippen molar-refractivity contribution >= 4 is 0 Å². The van der Waals surface area contributed by atoms with Crippen LogP contribution in [0.3, 0.4) is 0 Å². The van der Waals surface area contributed by atoms with Crippen LogP contribution in [0.5, 0.6) is 0 Å². The molecule has 25 heavy (non-hydrogen) atoms. The van der Waals surface area contributed by atoms with Crippen LogP contribution in [0.25, 0.3) is 11.3 Å². The van der Waals surface area contributed by atoms with Gasteiger partial charge in [-0.3, -0.25) is 9.80 Å². The number of piperazine rings is 1. The van der Waals surface area contributed by atoms with E-state index in [4.69, 9.17) is 4.42 Å². The molecular formula is C19H23N5O. The Labute approximate surface area is 147 Å². The van der Waals surface area contributed by atoms with E-state index in [1.807, 2.05) is 37.6 Å². The lowest BCUT2D eigenvalue weighted by Crippen LogP contribution is -2.45. The standard InChI is InChI=1S/C19H23N5O/c1-22-8-7-20-18(22)13-23-9-11-24(12-10-23)14-19-21-17(15-25-19)16-5-3-2-4-6-16/h2-8,15H,9-14H2,1H3. The van der Waals surface area contributed by atoms with E-state index in [1.165, 1.54) is 0 Å². The van der Waals surface area contributed by atoms with Crippen molar-refractivity contribution in [2.45, 2.75) is 13.1 Å². The third-order valence-electron chi connectivity index (χ3n) is 4.73. The van der Waals surface area contributed by atoms with Crippen LogP contribution in [0, 0.1) is 0 Å². The minimum absolute atomic E-state index is 0.767. The van der Waals surface area contributed by atoms with E-state index in [9.17, 15) is 0 Å². The van der Waals surface area contributed by atoms with Crippen molar-refractivity contribution in [3.05, 3.63) is 60.7 Å². The Morgan fingerprint density at radius 1 is 1.00 bits per heavy atom. The molecule has 1 aromatic carbocycles. The first-order valence-electron chi connectivity index (χ1n) is 8.69. The molecule has 3 heterocycles. The number of hydrogen-bond donors (Lipinski definition) is 0. The zero-order valence-corrected chi connectivity index (χ0v) is 14.5. The number of oxazole rings is 1. The van der Waals surface area contributed by atoms with Gasteiger partial charge in [0.15, 0.2) is 0 Å². The van der Waals surface area contributed by atoms with Crippen LogP contribution in [0.4, 0.5) is 0 Å². The monoisotopic (exact) mass is 337 g/mol. The van der Waals surface area contributed by atoms with Gasteiger partial charge in [0.1, 0.15) is 17.8 Å². The number of rotatable bonds is 5. The maximum absolute atomic E-state index is 5.67. The molecule has 0 aliphatic carbocycles. The molecular weight excluding hydrogens is 314 g/mol. The Kier molecular flexibility index (Phi) is 4.63. The van der Waals surface area contributed by atoms with Crippen LogP contribution < -0.4 is 0 Å². The highest BCUT2D eigenvalue weighted by atomic mass is 16.3. The second kappa shape index (κ2) is 7.21. The largest absolute Gasteiger partial charge is 0.447 e. The van der Waals surface area contributed by atoms with Crippen LogP contribution in [-0.2, 0) is 20.1 Å². The summed E-state index contributed by atoms with van der Waals surface area (Å²) in [5.74, 6) is 1.91. The van der Waals surface area contributed by atoms with Crippen molar-refractivity contribution in [3.8, 4) is 11.3 Å². The topological polar surface area (TPSA) is 50.3 Å². The number of aromatic nitrogens is 3. The zero-order chi connectivity index (χ0) is 17.1. The quantitative estimate of drug-likeness (QED) is 0.715. The Bertz CT molecular complexity index is 802. The van der Waals surface area contributed by atoms with Crippen molar-refractivity contribution in [1.82, 2.24) is 24.3 Å². The zero-order valence-electron chi connectivity index (χ0n) is 14.5. The predicted molar refractivity (Wildman–Crippen MR) is 95.7 cm³/mol. The van der Waals surface area contributed by atoms with Crippen LogP contribution in [0.2, 0.25) is 0 Å². The first-order chi connectivity index (χ1) is 12.3. The summed E-state index contributed by atoms with van der Waals surface area (Å²) in [5.41, 5.74) is 2.00. The Hall–Kier alpha value is -2.44. The first kappa shape index (κ1) is 16.1. The van der Waals surface area contributed by atoms with Gasteiger partial charge in [0.05, 0.1) is 13.1 Å². The summed E-state index contributed by atoms with van der Waals surface area (Å²) < 4.78 is 7.76. The molecule has 0 N–H and O–H groups in total. The molecule has 1 aliphatic heterocycles. The third-order valence-corrected chi connectivity index (χ3v) is 4.73. The third kappa shape index (κ3) is 3.81. The molecule has 1 fully saturated rings. The van der Waals surface area contributed by atoms with Crippen molar-refractivity contribution in [2.24, 2.45) is 7.05 Å². The number of aryl methyl sites for hydroxylation is 1. The van der Waals surface area contributed by atoms with E-state index in [0.717, 1.165) is 62.2 Å². The molecule has 4 rings (SSSR count). The second-order valence-electron chi connectivity index (χ2n) is 6.50. The summed E-state index contributed by atoms with van der Waals surface area (Å²) in [4.78, 5) is 13.9. The fourth-order valence-electron chi connectivity index (χ4n) is 3.17. The van der Waals surface area contributed by atoms with Gasteiger partial charge in [0.2, 0.25) is 5.89 Å². The average molecular weight is 337 g/mol. The molecule has 0 saturated carbocycles. The van der Waals surface area contributed by atoms with Crippen molar-refractivity contribution < 1.29 is 4.42 Å². The van der Waals surface area contributed by atoms with Gasteiger partial charge in [-0.1, -0.05) is 30.3 Å². The van der Waals surface area contributed by atoms with E-state index >= 15 is 0 Å². The molecule has 1 saturated heterocycles. The molecule has 0 radical (unpaired) electrons. The summed E-state index contributed by atoms with van der Waals surface area (Å²) in [5, 5.41) is 0. The van der Waals surface area contributed by atoms with E-state index in [2.05, 4.69) is 36.5 Å². The van der Waals surface area contributed by atoms with Crippen LogP contribution in [0.1, 0.15) is 11.7 Å². The van der Waals surface area contributed by atoms with E-state index in [0.29, 0.717) is 0 Å². The molecule has 0 unspecified atom stereocenters. The molecule has 3 aromatic rings. The van der Waals surface area contributed by atoms with Crippen molar-refractivity contribution in [1.29, 1.82) is 0 Å². The second-order valence-corrected chi connectivity index (χ2v) is 6.50. The van der Waals surface area contributed by atoms with Crippen molar-refractivity contribution in [2.75, 3.05) is 26.2 Å². The van der Waals surface area contributed by atoms with Gasteiger partial charge >= 0.3 is 0 Å². The van der Waals surface area contributed by atoms with Gasteiger partial charge in [-0.2, -0.15) is 0 Å². The summed E-state index contributed by atoms with van der Waals surface area (Å²) in [6.07, 6.45) is 5.61. The lowest BCUT2D eigenvalue weighted by atomic mass is 10.2. The van der Waals surface area contributed by atoms with Gasteiger partial charge in [-0.15, -0.1) is 0 Å². The van der Waals surface area contributed by atoms with E-state index in [-0.39, 0.29) is 0 Å². The molecule has 0 bridgehead atoms. The van der Waals surface area contributed by atoms with E-state index < -0.39 is 0 Å². The fourth-order valence-corrected chi connectivity index (χ4v) is 3.17. The maximum Gasteiger partial charge on any atom is 0.208 e. The Morgan fingerprint density at radius 3 is 2.40 bits per heavy atom. The first-order valence-corrected chi connectivity index (χ1v) is 8.69. The molecule has 2 aromatic heterocycles. The smallest absolute Gasteiger partial charge is 0.208 e. The van der Waals surface area contributed by atoms with Gasteiger partial charge < -0.3 is 8.98 Å². The van der Waals surface area contributed by atoms with E-state index in [1.54, 1.807) is 6.26 Å². The van der Waals surface area contributed by atoms with Gasteiger partial charge in [0, 0.05) is 51.2 Å². The molecule has 0 amide bonds. The maximum atomic E-state index is 5.67. The molecule has 6 heteroatoms. The summed E-state index contributed by atoms with van der Waals surface area (Å²) in [7, 11) is 2.05. The molecule has 6 nitrogen and oxygen atoms in total. The SMILES string of the molecule is Cn1ccnc1CN1CCN(Cc2nc(-c3ccccc3)co2)CC1. The minimum atomic E-state index is 0.767. The summed E-state index contributed by atoms with van der Waals surface area (Å²) >= 11 is 0. The van der Waals surface area contributed by atoms with Crippen LogP contribution in [0.15, 0.2) is 53.4 Å². The number of hydrogen-bond acceptors (Lipinski definition) is 5. The van der Waals surface area contributed by atoms with Crippen LogP contribution >= 0.6 is 0 Å². The highest BCUT2D eigenvalue weighted by Crippen LogP contribution is 2.19. The number of nitrogens with zero attached hydrogens (tertiary/aromatic N) is 5. The Morgan fingerprint density at radius 2 is 1.72 bits per heavy atom. The number of benzene rings is 1. The normalized spacial score (nSPS) is 16.4. The molecule has 1 aliphatic rings. The summed E-state index contributed by atoms with van der Waals surface area (Å²) in [6, 6.07) is 10.2.